The molecular weight excluding hydrogens is 434 g/mol. The largest absolute Gasteiger partial charge is 0.394 e. The second kappa shape index (κ2) is 10.2. The molecule has 0 fully saturated rings. The van der Waals surface area contributed by atoms with Crippen molar-refractivity contribution < 1.29 is 5.11 Å². The molecule has 1 aromatic carbocycles. The standard InChI is InChI=1S/C24H29N7OS/c1-4-19(14-32)27-24-28-22-21(26-15-30(22)16(2)3)23(29-24)31(33)13-17-8-10-18(11-9-17)20-7-5-6-12-25-20/h5-12,15-16,19,32-33H,4,13-14H2,1-3H3,(H,27,28,29). The third kappa shape index (κ3) is 5.09. The van der Waals surface area contributed by atoms with Crippen molar-refractivity contribution in [3.05, 3.63) is 60.6 Å². The highest BCUT2D eigenvalue weighted by molar-refractivity contribution is 7.81. The van der Waals surface area contributed by atoms with E-state index in [0.717, 1.165) is 28.9 Å². The first kappa shape index (κ1) is 23.0. The van der Waals surface area contributed by atoms with Gasteiger partial charge < -0.3 is 15.0 Å². The Bertz CT molecular complexity index is 1190. The van der Waals surface area contributed by atoms with Crippen LogP contribution in [-0.4, -0.2) is 42.3 Å². The topological polar surface area (TPSA) is 92.0 Å². The van der Waals surface area contributed by atoms with E-state index in [1.54, 1.807) is 16.8 Å². The quantitative estimate of drug-likeness (QED) is 0.315. The second-order valence-corrected chi connectivity index (χ2v) is 8.67. The summed E-state index contributed by atoms with van der Waals surface area (Å²) in [6.07, 6.45) is 4.33. The molecule has 3 aromatic heterocycles. The minimum absolute atomic E-state index is 0.00385. The van der Waals surface area contributed by atoms with Crippen LogP contribution in [0.15, 0.2) is 55.0 Å². The lowest BCUT2D eigenvalue weighted by molar-refractivity contribution is 0.271. The summed E-state index contributed by atoms with van der Waals surface area (Å²) in [4.78, 5) is 18.4. The Kier molecular flexibility index (Phi) is 7.10. The fourth-order valence-electron chi connectivity index (χ4n) is 3.55. The number of thiol groups is 1. The number of anilines is 2. The van der Waals surface area contributed by atoms with Crippen LogP contribution in [0.1, 0.15) is 38.8 Å². The molecule has 172 valence electrons. The van der Waals surface area contributed by atoms with Crippen molar-refractivity contribution >= 4 is 35.7 Å². The maximum Gasteiger partial charge on any atom is 0.227 e. The van der Waals surface area contributed by atoms with Crippen molar-refractivity contribution in [1.29, 1.82) is 0 Å². The number of aliphatic hydroxyl groups is 1. The van der Waals surface area contributed by atoms with Gasteiger partial charge in [0.2, 0.25) is 5.95 Å². The van der Waals surface area contributed by atoms with Gasteiger partial charge in [-0.05, 0) is 38.0 Å². The number of imidazole rings is 1. The molecule has 0 saturated carbocycles. The first-order valence-corrected chi connectivity index (χ1v) is 11.5. The monoisotopic (exact) mass is 463 g/mol. The molecule has 1 atom stereocenters. The number of pyridine rings is 1. The summed E-state index contributed by atoms with van der Waals surface area (Å²) in [6.45, 7) is 6.71. The minimum atomic E-state index is -0.127. The molecule has 9 heteroatoms. The number of nitrogens with zero attached hydrogens (tertiary/aromatic N) is 6. The van der Waals surface area contributed by atoms with E-state index in [1.165, 1.54) is 0 Å². The molecule has 0 spiro atoms. The molecule has 0 aliphatic carbocycles. The summed E-state index contributed by atoms with van der Waals surface area (Å²) in [5.74, 6) is 1.07. The highest BCUT2D eigenvalue weighted by Crippen LogP contribution is 2.29. The maximum absolute atomic E-state index is 9.62. The lowest BCUT2D eigenvalue weighted by atomic mass is 10.1. The molecule has 4 aromatic rings. The SMILES string of the molecule is CCC(CO)Nc1nc(N(S)Cc2ccc(-c3ccccn3)cc2)c2ncn(C(C)C)c2n1. The van der Waals surface area contributed by atoms with E-state index in [1.807, 2.05) is 29.7 Å². The van der Waals surface area contributed by atoms with E-state index < -0.39 is 0 Å². The van der Waals surface area contributed by atoms with E-state index in [0.29, 0.717) is 23.8 Å². The molecule has 3 heterocycles. The maximum atomic E-state index is 9.62. The fraction of sp³-hybridized carbons (Fsp3) is 0.333. The van der Waals surface area contributed by atoms with Gasteiger partial charge in [0.1, 0.15) is 0 Å². The Morgan fingerprint density at radius 3 is 2.52 bits per heavy atom. The average molecular weight is 464 g/mol. The summed E-state index contributed by atoms with van der Waals surface area (Å²) >= 11 is 4.75. The summed E-state index contributed by atoms with van der Waals surface area (Å²) in [6, 6.07) is 14.2. The van der Waals surface area contributed by atoms with Crippen LogP contribution in [0, 0.1) is 0 Å². The number of hydrogen-bond donors (Lipinski definition) is 3. The molecule has 0 bridgehead atoms. The molecule has 0 aliphatic heterocycles. The molecule has 1 unspecified atom stereocenters. The zero-order chi connectivity index (χ0) is 23.4. The molecule has 4 rings (SSSR count). The van der Waals surface area contributed by atoms with Gasteiger partial charge in [-0.3, -0.25) is 9.29 Å². The van der Waals surface area contributed by atoms with Crippen LogP contribution in [0.2, 0.25) is 0 Å². The van der Waals surface area contributed by atoms with Crippen molar-refractivity contribution in [2.45, 2.75) is 45.8 Å². The zero-order valence-electron chi connectivity index (χ0n) is 19.0. The Morgan fingerprint density at radius 2 is 1.88 bits per heavy atom. The number of hydrogen-bond acceptors (Lipinski definition) is 8. The zero-order valence-corrected chi connectivity index (χ0v) is 19.9. The number of fused-ring (bicyclic) bond motifs is 1. The molecule has 0 radical (unpaired) electrons. The molecular formula is C24H29N7OS. The average Bonchev–Trinajstić information content (AvgIpc) is 3.27. The van der Waals surface area contributed by atoms with Crippen LogP contribution in [0.4, 0.5) is 11.8 Å². The van der Waals surface area contributed by atoms with Gasteiger partial charge in [0.15, 0.2) is 17.0 Å². The number of aliphatic hydroxyl groups excluding tert-OH is 1. The Labute approximate surface area is 199 Å². The molecule has 8 nitrogen and oxygen atoms in total. The third-order valence-corrected chi connectivity index (χ3v) is 5.83. The van der Waals surface area contributed by atoms with Crippen molar-refractivity contribution in [2.75, 3.05) is 16.2 Å². The van der Waals surface area contributed by atoms with Gasteiger partial charge in [0, 0.05) is 17.8 Å². The number of nitrogens with one attached hydrogen (secondary N) is 1. The predicted molar refractivity (Wildman–Crippen MR) is 135 cm³/mol. The summed E-state index contributed by atoms with van der Waals surface area (Å²) < 4.78 is 3.79. The molecule has 0 saturated heterocycles. The fourth-order valence-corrected chi connectivity index (χ4v) is 3.85. The van der Waals surface area contributed by atoms with Gasteiger partial charge >= 0.3 is 0 Å². The van der Waals surface area contributed by atoms with Crippen molar-refractivity contribution in [3.63, 3.8) is 0 Å². The molecule has 33 heavy (non-hydrogen) atoms. The van der Waals surface area contributed by atoms with E-state index in [-0.39, 0.29) is 18.7 Å². The van der Waals surface area contributed by atoms with Crippen molar-refractivity contribution in [2.24, 2.45) is 0 Å². The van der Waals surface area contributed by atoms with Gasteiger partial charge in [-0.1, -0.05) is 50.1 Å². The molecule has 2 N–H and O–H groups in total. The minimum Gasteiger partial charge on any atom is -0.394 e. The lowest BCUT2D eigenvalue weighted by Gasteiger charge is -2.20. The van der Waals surface area contributed by atoms with Crippen molar-refractivity contribution in [1.82, 2.24) is 24.5 Å². The van der Waals surface area contributed by atoms with Crippen LogP contribution in [0.3, 0.4) is 0 Å². The number of rotatable bonds is 9. The first-order chi connectivity index (χ1) is 16.0. The van der Waals surface area contributed by atoms with E-state index >= 15 is 0 Å². The van der Waals surface area contributed by atoms with Gasteiger partial charge in [-0.25, -0.2) is 4.98 Å². The van der Waals surface area contributed by atoms with Crippen LogP contribution in [-0.2, 0) is 6.54 Å². The molecule has 0 aliphatic rings. The van der Waals surface area contributed by atoms with Crippen LogP contribution in [0.5, 0.6) is 0 Å². The van der Waals surface area contributed by atoms with Crippen LogP contribution >= 0.6 is 12.8 Å². The first-order valence-electron chi connectivity index (χ1n) is 11.1. The predicted octanol–water partition coefficient (Wildman–Crippen LogP) is 4.50. The van der Waals surface area contributed by atoms with Gasteiger partial charge in [-0.15, -0.1) is 0 Å². The lowest BCUT2D eigenvalue weighted by Crippen LogP contribution is -2.24. The normalized spacial score (nSPS) is 12.3. The van der Waals surface area contributed by atoms with Crippen LogP contribution < -0.4 is 9.62 Å². The van der Waals surface area contributed by atoms with E-state index in [2.05, 4.69) is 58.4 Å². The summed E-state index contributed by atoms with van der Waals surface area (Å²) in [5.41, 5.74) is 4.50. The third-order valence-electron chi connectivity index (χ3n) is 5.50. The Balaban J connectivity index is 1.64. The van der Waals surface area contributed by atoms with E-state index in [9.17, 15) is 5.11 Å². The van der Waals surface area contributed by atoms with Crippen molar-refractivity contribution in [3.8, 4) is 11.3 Å². The summed E-state index contributed by atoms with van der Waals surface area (Å²) in [7, 11) is 0. The van der Waals surface area contributed by atoms with Crippen LogP contribution in [0.25, 0.3) is 22.4 Å². The number of aromatic nitrogens is 5. The van der Waals surface area contributed by atoms with E-state index in [4.69, 9.17) is 17.8 Å². The summed E-state index contributed by atoms with van der Waals surface area (Å²) in [5, 5.41) is 12.8. The van der Waals surface area contributed by atoms with Gasteiger partial charge in [-0.2, -0.15) is 9.97 Å². The second-order valence-electron chi connectivity index (χ2n) is 8.19. The van der Waals surface area contributed by atoms with Gasteiger partial charge in [0.25, 0.3) is 0 Å². The Hall–Kier alpha value is -3.17. The Morgan fingerprint density at radius 1 is 1.09 bits per heavy atom. The van der Waals surface area contributed by atoms with Gasteiger partial charge in [0.05, 0.1) is 31.2 Å². The highest BCUT2D eigenvalue weighted by Gasteiger charge is 2.19. The smallest absolute Gasteiger partial charge is 0.227 e. The highest BCUT2D eigenvalue weighted by atomic mass is 32.1. The molecule has 0 amide bonds. The number of benzene rings is 1.